The Morgan fingerprint density at radius 1 is 1.03 bits per heavy atom. The maximum Gasteiger partial charge on any atom is 0.338 e. The molecule has 0 spiro atoms. The van der Waals surface area contributed by atoms with Gasteiger partial charge in [-0.05, 0) is 42.8 Å². The summed E-state index contributed by atoms with van der Waals surface area (Å²) in [5.74, 6) is 1.58. The van der Waals surface area contributed by atoms with Crippen molar-refractivity contribution in [1.82, 2.24) is 4.57 Å². The number of benzene rings is 2. The van der Waals surface area contributed by atoms with E-state index in [4.69, 9.17) is 23.7 Å². The summed E-state index contributed by atoms with van der Waals surface area (Å²) in [5, 5.41) is 0. The molecule has 0 N–H and O–H groups in total. The van der Waals surface area contributed by atoms with Gasteiger partial charge in [0.1, 0.15) is 18.1 Å². The molecule has 198 valence electrons. The Bertz CT molecular complexity index is 1600. The summed E-state index contributed by atoms with van der Waals surface area (Å²) in [4.78, 5) is 32.1. The van der Waals surface area contributed by atoms with Gasteiger partial charge in [-0.1, -0.05) is 30.1 Å². The third-order valence-electron chi connectivity index (χ3n) is 6.02. The molecule has 2 heterocycles. The van der Waals surface area contributed by atoms with Gasteiger partial charge in [0, 0.05) is 11.6 Å². The number of methoxy groups -OCH3 is 4. The maximum absolute atomic E-state index is 13.9. The highest BCUT2D eigenvalue weighted by Crippen LogP contribution is 2.36. The summed E-state index contributed by atoms with van der Waals surface area (Å²) in [6, 6.07) is 9.80. The summed E-state index contributed by atoms with van der Waals surface area (Å²) >= 11 is 1.22. The molecule has 38 heavy (non-hydrogen) atoms. The second-order valence-electron chi connectivity index (χ2n) is 8.19. The topological polar surface area (TPSA) is 97.6 Å². The maximum atomic E-state index is 13.9. The Morgan fingerprint density at radius 3 is 2.42 bits per heavy atom. The second kappa shape index (κ2) is 11.4. The van der Waals surface area contributed by atoms with E-state index in [1.807, 2.05) is 6.07 Å². The first-order valence-electron chi connectivity index (χ1n) is 11.6. The van der Waals surface area contributed by atoms with Crippen LogP contribution in [0.25, 0.3) is 6.08 Å². The molecule has 0 bridgehead atoms. The summed E-state index contributed by atoms with van der Waals surface area (Å²) in [5.41, 5.74) is 1.72. The van der Waals surface area contributed by atoms with Gasteiger partial charge in [0.05, 0.1) is 50.3 Å². The lowest BCUT2D eigenvalue weighted by Crippen LogP contribution is -2.40. The summed E-state index contributed by atoms with van der Waals surface area (Å²) in [6.45, 7) is 5.36. The largest absolute Gasteiger partial charge is 0.497 e. The van der Waals surface area contributed by atoms with Crippen molar-refractivity contribution in [2.75, 3.05) is 35.0 Å². The molecule has 4 rings (SSSR count). The smallest absolute Gasteiger partial charge is 0.338 e. The Labute approximate surface area is 223 Å². The van der Waals surface area contributed by atoms with Crippen molar-refractivity contribution >= 4 is 23.4 Å². The molecule has 1 aliphatic rings. The van der Waals surface area contributed by atoms with E-state index in [-0.39, 0.29) is 17.7 Å². The van der Waals surface area contributed by atoms with Gasteiger partial charge >= 0.3 is 5.97 Å². The Kier molecular flexibility index (Phi) is 8.02. The molecule has 3 aromatic rings. The SMILES string of the molecule is C=CCOC(=O)C1=C(C)N=c2sc(=Cc3ccc(OC)cc3OC)c(=O)n2C1c1ccc(OC)c(OC)c1. The molecular weight excluding hydrogens is 508 g/mol. The Hall–Kier alpha value is -4.31. The average Bonchev–Trinajstić information content (AvgIpc) is 3.24. The van der Waals surface area contributed by atoms with Gasteiger partial charge in [-0.2, -0.15) is 0 Å². The van der Waals surface area contributed by atoms with E-state index in [2.05, 4.69) is 11.6 Å². The molecule has 1 aromatic heterocycles. The lowest BCUT2D eigenvalue weighted by atomic mass is 9.95. The number of thiazole rings is 1. The van der Waals surface area contributed by atoms with E-state index < -0.39 is 12.0 Å². The van der Waals surface area contributed by atoms with E-state index in [9.17, 15) is 9.59 Å². The van der Waals surface area contributed by atoms with Crippen LogP contribution in [0.2, 0.25) is 0 Å². The van der Waals surface area contributed by atoms with E-state index >= 15 is 0 Å². The molecule has 0 aliphatic carbocycles. The highest BCUT2D eigenvalue weighted by atomic mass is 32.1. The molecular formula is C28H28N2O7S. The minimum atomic E-state index is -0.803. The van der Waals surface area contributed by atoms with Crippen LogP contribution in [0, 0.1) is 0 Å². The number of esters is 1. The molecule has 9 nitrogen and oxygen atoms in total. The van der Waals surface area contributed by atoms with Crippen molar-refractivity contribution in [3.8, 4) is 23.0 Å². The van der Waals surface area contributed by atoms with E-state index in [1.54, 1.807) is 57.6 Å². The minimum Gasteiger partial charge on any atom is -0.497 e. The number of rotatable bonds is 9. The van der Waals surface area contributed by atoms with E-state index in [0.29, 0.717) is 49.2 Å². The second-order valence-corrected chi connectivity index (χ2v) is 9.20. The highest BCUT2D eigenvalue weighted by molar-refractivity contribution is 7.07. The number of aromatic nitrogens is 1. The number of nitrogens with zero attached hydrogens (tertiary/aromatic N) is 2. The van der Waals surface area contributed by atoms with Crippen molar-refractivity contribution in [1.29, 1.82) is 0 Å². The molecule has 1 atom stereocenters. The fraction of sp³-hybridized carbons (Fsp3) is 0.250. The zero-order chi connectivity index (χ0) is 27.4. The quantitative estimate of drug-likeness (QED) is 0.306. The van der Waals surface area contributed by atoms with Gasteiger partial charge in [-0.15, -0.1) is 0 Å². The normalized spacial score (nSPS) is 14.9. The predicted octanol–water partition coefficient (Wildman–Crippen LogP) is 3.00. The van der Waals surface area contributed by atoms with Crippen LogP contribution in [0.5, 0.6) is 23.0 Å². The molecule has 1 aliphatic heterocycles. The Balaban J connectivity index is 1.96. The minimum absolute atomic E-state index is 0.0238. The number of fused-ring (bicyclic) bond motifs is 1. The molecule has 0 saturated carbocycles. The summed E-state index contributed by atoms with van der Waals surface area (Å²) in [6.07, 6.45) is 3.22. The van der Waals surface area contributed by atoms with Crippen molar-refractivity contribution < 1.29 is 28.5 Å². The third kappa shape index (κ3) is 4.95. The third-order valence-corrected chi connectivity index (χ3v) is 7.01. The fourth-order valence-corrected chi connectivity index (χ4v) is 5.25. The van der Waals surface area contributed by atoms with Gasteiger partial charge in [0.25, 0.3) is 5.56 Å². The van der Waals surface area contributed by atoms with Crippen molar-refractivity contribution in [2.24, 2.45) is 4.99 Å². The summed E-state index contributed by atoms with van der Waals surface area (Å²) in [7, 11) is 6.18. The van der Waals surface area contributed by atoms with Crippen LogP contribution in [0.3, 0.4) is 0 Å². The van der Waals surface area contributed by atoms with Crippen LogP contribution < -0.4 is 33.8 Å². The van der Waals surface area contributed by atoms with Gasteiger partial charge in [-0.3, -0.25) is 9.36 Å². The molecule has 1 unspecified atom stereocenters. The summed E-state index contributed by atoms with van der Waals surface area (Å²) < 4.78 is 29.0. The van der Waals surface area contributed by atoms with Gasteiger partial charge in [0.2, 0.25) is 0 Å². The van der Waals surface area contributed by atoms with Crippen molar-refractivity contribution in [3.63, 3.8) is 0 Å². The van der Waals surface area contributed by atoms with E-state index in [0.717, 1.165) is 0 Å². The number of hydrogen-bond acceptors (Lipinski definition) is 9. The van der Waals surface area contributed by atoms with Crippen molar-refractivity contribution in [2.45, 2.75) is 13.0 Å². The van der Waals surface area contributed by atoms with Crippen molar-refractivity contribution in [3.05, 3.63) is 91.1 Å². The van der Waals surface area contributed by atoms with Crippen LogP contribution in [-0.4, -0.2) is 45.6 Å². The van der Waals surface area contributed by atoms with Crippen LogP contribution in [0.15, 0.2) is 70.1 Å². The number of carbonyl (C=O) groups is 1. The van der Waals surface area contributed by atoms with Crippen LogP contribution in [0.4, 0.5) is 0 Å². The number of ether oxygens (including phenoxy) is 5. The number of allylic oxidation sites excluding steroid dienone is 1. The molecule has 0 fully saturated rings. The van der Waals surface area contributed by atoms with Gasteiger partial charge < -0.3 is 23.7 Å². The first kappa shape index (κ1) is 26.7. The van der Waals surface area contributed by atoms with E-state index in [1.165, 1.54) is 36.2 Å². The first-order valence-corrected chi connectivity index (χ1v) is 12.4. The predicted molar refractivity (Wildman–Crippen MR) is 144 cm³/mol. The molecule has 2 aromatic carbocycles. The highest BCUT2D eigenvalue weighted by Gasteiger charge is 2.34. The molecule has 0 amide bonds. The Morgan fingerprint density at radius 2 is 1.76 bits per heavy atom. The van der Waals surface area contributed by atoms with Gasteiger partial charge in [0.15, 0.2) is 16.3 Å². The molecule has 0 saturated heterocycles. The van der Waals surface area contributed by atoms with Crippen LogP contribution in [-0.2, 0) is 9.53 Å². The lowest BCUT2D eigenvalue weighted by Gasteiger charge is -2.25. The lowest BCUT2D eigenvalue weighted by molar-refractivity contribution is -0.138. The zero-order valence-corrected chi connectivity index (χ0v) is 22.6. The monoisotopic (exact) mass is 536 g/mol. The number of carbonyl (C=O) groups excluding carboxylic acids is 1. The van der Waals surface area contributed by atoms with Gasteiger partial charge in [-0.25, -0.2) is 9.79 Å². The zero-order valence-electron chi connectivity index (χ0n) is 21.8. The average molecular weight is 537 g/mol. The standard InChI is InChI=1S/C28H28N2O7S/c1-7-12-37-27(32)24-16(2)29-28-30(25(24)18-9-11-20(34-4)22(13-18)36-6)26(31)23(38-28)14-17-8-10-19(33-3)15-21(17)35-5/h7-11,13-15,25H,1,12H2,2-6H3. The van der Waals surface area contributed by atoms with Crippen LogP contribution in [0.1, 0.15) is 24.1 Å². The fourth-order valence-electron chi connectivity index (χ4n) is 4.21. The number of hydrogen-bond donors (Lipinski definition) is 0. The first-order chi connectivity index (χ1) is 18.4. The molecule has 0 radical (unpaired) electrons. The molecule has 10 heteroatoms. The van der Waals surface area contributed by atoms with Crippen LogP contribution >= 0.6 is 11.3 Å².